The zero-order chi connectivity index (χ0) is 15.4. The maximum absolute atomic E-state index is 12.0. The lowest BCUT2D eigenvalue weighted by Gasteiger charge is -2.02. The first-order valence-electron chi connectivity index (χ1n) is 7.42. The smallest absolute Gasteiger partial charge is 0.275 e. The summed E-state index contributed by atoms with van der Waals surface area (Å²) in [6.45, 7) is 2.08. The minimum atomic E-state index is -0.122. The molecule has 2 aromatic rings. The van der Waals surface area contributed by atoms with Gasteiger partial charge in [0.25, 0.3) is 5.91 Å². The van der Waals surface area contributed by atoms with Gasteiger partial charge in [0.15, 0.2) is 0 Å². The van der Waals surface area contributed by atoms with Crippen molar-refractivity contribution in [3.8, 4) is 0 Å². The molecule has 0 spiro atoms. The molecule has 1 amide bonds. The molecule has 3 rings (SSSR count). The van der Waals surface area contributed by atoms with Crippen LogP contribution in [0.3, 0.4) is 0 Å². The fourth-order valence-corrected chi connectivity index (χ4v) is 2.47. The molecule has 0 radical (unpaired) electrons. The fourth-order valence-electron chi connectivity index (χ4n) is 2.47. The van der Waals surface area contributed by atoms with Crippen molar-refractivity contribution in [2.45, 2.75) is 19.8 Å². The molecule has 0 aromatic heterocycles. The van der Waals surface area contributed by atoms with E-state index in [0.717, 1.165) is 24.2 Å². The van der Waals surface area contributed by atoms with Gasteiger partial charge in [-0.25, -0.2) is 4.99 Å². The van der Waals surface area contributed by atoms with Gasteiger partial charge in [-0.2, -0.15) is 0 Å². The van der Waals surface area contributed by atoms with Gasteiger partial charge in [-0.3, -0.25) is 4.79 Å². The summed E-state index contributed by atoms with van der Waals surface area (Å²) in [5.41, 5.74) is 3.97. The fraction of sp³-hybridized carbons (Fsp3) is 0.158. The molecule has 3 nitrogen and oxygen atoms in total. The van der Waals surface area contributed by atoms with E-state index in [-0.39, 0.29) is 5.91 Å². The quantitative estimate of drug-likeness (QED) is 0.860. The Kier molecular flexibility index (Phi) is 4.15. The molecule has 1 N–H and O–H groups in total. The van der Waals surface area contributed by atoms with Crippen molar-refractivity contribution in [1.29, 1.82) is 0 Å². The van der Waals surface area contributed by atoms with E-state index in [1.165, 1.54) is 11.1 Å². The Balaban J connectivity index is 1.69. The third-order valence-electron chi connectivity index (χ3n) is 3.58. The lowest BCUT2D eigenvalue weighted by atomic mass is 10.1. The zero-order valence-electron chi connectivity index (χ0n) is 12.5. The standard InChI is InChI=1S/C19H18N2O/c1-14-6-5-9-16(12-14)10-11-18-20-17(19(22)21-18)13-15-7-3-2-4-8-15/h2-9,12-13H,10-11H2,1H3,(H,20,21,22)/b17-13+. The Labute approximate surface area is 130 Å². The zero-order valence-corrected chi connectivity index (χ0v) is 12.5. The molecular weight excluding hydrogens is 272 g/mol. The van der Waals surface area contributed by atoms with Gasteiger partial charge < -0.3 is 5.32 Å². The van der Waals surface area contributed by atoms with Crippen LogP contribution in [0.15, 0.2) is 65.3 Å². The first-order chi connectivity index (χ1) is 10.7. The summed E-state index contributed by atoms with van der Waals surface area (Å²) in [5, 5.41) is 2.85. The SMILES string of the molecule is Cc1cccc(CCC2=N/C(=C/c3ccccc3)C(=O)N2)c1. The molecule has 0 unspecified atom stereocenters. The highest BCUT2D eigenvalue weighted by Crippen LogP contribution is 2.14. The number of amidine groups is 1. The first kappa shape index (κ1) is 14.3. The minimum absolute atomic E-state index is 0.122. The largest absolute Gasteiger partial charge is 0.309 e. The van der Waals surface area contributed by atoms with Gasteiger partial charge in [0.05, 0.1) is 0 Å². The van der Waals surface area contributed by atoms with Gasteiger partial charge in [0, 0.05) is 6.42 Å². The van der Waals surface area contributed by atoms with Crippen molar-refractivity contribution >= 4 is 17.8 Å². The molecule has 0 fully saturated rings. The van der Waals surface area contributed by atoms with E-state index >= 15 is 0 Å². The molecule has 0 atom stereocenters. The summed E-state index contributed by atoms with van der Waals surface area (Å²) < 4.78 is 0. The number of benzene rings is 2. The van der Waals surface area contributed by atoms with Gasteiger partial charge in [0.1, 0.15) is 11.5 Å². The molecule has 3 heteroatoms. The number of hydrogen-bond acceptors (Lipinski definition) is 2. The molecule has 1 heterocycles. The van der Waals surface area contributed by atoms with Crippen LogP contribution in [0.4, 0.5) is 0 Å². The minimum Gasteiger partial charge on any atom is -0.309 e. The normalized spacial score (nSPS) is 15.8. The topological polar surface area (TPSA) is 41.5 Å². The third-order valence-corrected chi connectivity index (χ3v) is 3.58. The van der Waals surface area contributed by atoms with Gasteiger partial charge >= 0.3 is 0 Å². The van der Waals surface area contributed by atoms with Crippen LogP contribution in [0, 0.1) is 6.92 Å². The second kappa shape index (κ2) is 6.39. The van der Waals surface area contributed by atoms with Gasteiger partial charge in [-0.15, -0.1) is 0 Å². The number of carbonyl (C=O) groups is 1. The Morgan fingerprint density at radius 1 is 1.05 bits per heavy atom. The molecule has 1 aliphatic heterocycles. The van der Waals surface area contributed by atoms with Crippen LogP contribution >= 0.6 is 0 Å². The molecule has 22 heavy (non-hydrogen) atoms. The van der Waals surface area contributed by atoms with E-state index in [1.54, 1.807) is 0 Å². The number of aryl methyl sites for hydroxylation is 2. The van der Waals surface area contributed by atoms with Crippen LogP contribution in [-0.4, -0.2) is 11.7 Å². The van der Waals surface area contributed by atoms with Crippen molar-refractivity contribution < 1.29 is 4.79 Å². The van der Waals surface area contributed by atoms with Gasteiger partial charge in [-0.1, -0.05) is 60.2 Å². The maximum Gasteiger partial charge on any atom is 0.275 e. The summed E-state index contributed by atoms with van der Waals surface area (Å²) in [6, 6.07) is 18.2. The number of aliphatic imine (C=N–C) groups is 1. The van der Waals surface area contributed by atoms with E-state index in [0.29, 0.717) is 5.70 Å². The first-order valence-corrected chi connectivity index (χ1v) is 7.42. The average Bonchev–Trinajstić information content (AvgIpc) is 2.87. The van der Waals surface area contributed by atoms with Crippen molar-refractivity contribution in [2.24, 2.45) is 4.99 Å². The Morgan fingerprint density at radius 2 is 1.86 bits per heavy atom. The van der Waals surface area contributed by atoms with Crippen molar-refractivity contribution in [1.82, 2.24) is 5.32 Å². The second-order valence-electron chi connectivity index (χ2n) is 5.44. The van der Waals surface area contributed by atoms with E-state index < -0.39 is 0 Å². The summed E-state index contributed by atoms with van der Waals surface area (Å²) in [6.07, 6.45) is 3.43. The molecule has 0 bridgehead atoms. The second-order valence-corrected chi connectivity index (χ2v) is 5.44. The van der Waals surface area contributed by atoms with Crippen LogP contribution in [0.5, 0.6) is 0 Å². The van der Waals surface area contributed by atoms with Crippen molar-refractivity contribution in [3.63, 3.8) is 0 Å². The van der Waals surface area contributed by atoms with E-state index in [4.69, 9.17) is 0 Å². The summed E-state index contributed by atoms with van der Waals surface area (Å²) in [4.78, 5) is 16.4. The predicted octanol–water partition coefficient (Wildman–Crippen LogP) is 3.50. The van der Waals surface area contributed by atoms with Crippen LogP contribution in [0.25, 0.3) is 6.08 Å². The monoisotopic (exact) mass is 290 g/mol. The van der Waals surface area contributed by atoms with Crippen LogP contribution in [-0.2, 0) is 11.2 Å². The molecule has 110 valence electrons. The molecule has 2 aromatic carbocycles. The van der Waals surface area contributed by atoms with Crippen LogP contribution in [0.2, 0.25) is 0 Å². The number of rotatable bonds is 4. The number of hydrogen-bond donors (Lipinski definition) is 1. The lowest BCUT2D eigenvalue weighted by molar-refractivity contribution is -0.115. The predicted molar refractivity (Wildman–Crippen MR) is 89.5 cm³/mol. The number of amides is 1. The molecule has 1 aliphatic rings. The highest BCUT2D eigenvalue weighted by molar-refractivity contribution is 6.14. The van der Waals surface area contributed by atoms with E-state index in [9.17, 15) is 4.79 Å². The lowest BCUT2D eigenvalue weighted by Crippen LogP contribution is -2.24. The van der Waals surface area contributed by atoms with Gasteiger partial charge in [0.2, 0.25) is 0 Å². The van der Waals surface area contributed by atoms with Gasteiger partial charge in [-0.05, 0) is 30.5 Å². The maximum atomic E-state index is 12.0. The number of nitrogens with one attached hydrogen (secondary N) is 1. The molecular formula is C19H18N2O. The molecule has 0 saturated heterocycles. The highest BCUT2D eigenvalue weighted by atomic mass is 16.2. The average molecular weight is 290 g/mol. The molecule has 0 saturated carbocycles. The number of nitrogens with zero attached hydrogens (tertiary/aromatic N) is 1. The summed E-state index contributed by atoms with van der Waals surface area (Å²) in [5.74, 6) is 0.622. The highest BCUT2D eigenvalue weighted by Gasteiger charge is 2.19. The van der Waals surface area contributed by atoms with Crippen molar-refractivity contribution in [3.05, 3.63) is 77.0 Å². The Morgan fingerprint density at radius 3 is 2.64 bits per heavy atom. The van der Waals surface area contributed by atoms with Crippen LogP contribution in [0.1, 0.15) is 23.1 Å². The van der Waals surface area contributed by atoms with Crippen molar-refractivity contribution in [2.75, 3.05) is 0 Å². The summed E-state index contributed by atoms with van der Waals surface area (Å²) in [7, 11) is 0. The van der Waals surface area contributed by atoms with Crippen LogP contribution < -0.4 is 5.32 Å². The Hall–Kier alpha value is -2.68. The summed E-state index contributed by atoms with van der Waals surface area (Å²) >= 11 is 0. The number of carbonyl (C=O) groups excluding carboxylic acids is 1. The Bertz CT molecular complexity index is 745. The van der Waals surface area contributed by atoms with E-state index in [1.807, 2.05) is 36.4 Å². The third kappa shape index (κ3) is 3.50. The van der Waals surface area contributed by atoms with E-state index in [2.05, 4.69) is 41.5 Å². The molecule has 0 aliphatic carbocycles.